The molecular weight excluding hydrogens is 372 g/mol. The summed E-state index contributed by atoms with van der Waals surface area (Å²) in [6.45, 7) is 4.43. The van der Waals surface area contributed by atoms with Crippen LogP contribution in [0.15, 0.2) is 52.0 Å². The number of hydrogen-bond donors (Lipinski definition) is 1. The standard InChI is InChI=1S/C18H19BrN2O3/c1-3-23-15-7-5-14(6-8-15)11-20-21-18(22)12-24-17-9-4-13(2)10-16(17)19/h4-11H,3,12H2,1-2H3,(H,21,22). The number of hydrogen-bond acceptors (Lipinski definition) is 4. The van der Waals surface area contributed by atoms with Gasteiger partial charge < -0.3 is 9.47 Å². The summed E-state index contributed by atoms with van der Waals surface area (Å²) in [7, 11) is 0. The van der Waals surface area contributed by atoms with Crippen molar-refractivity contribution in [2.24, 2.45) is 5.10 Å². The van der Waals surface area contributed by atoms with E-state index in [-0.39, 0.29) is 12.5 Å². The molecule has 0 saturated heterocycles. The van der Waals surface area contributed by atoms with Crippen LogP contribution in [0.3, 0.4) is 0 Å². The molecular formula is C18H19BrN2O3. The molecule has 5 nitrogen and oxygen atoms in total. The number of nitrogens with zero attached hydrogens (tertiary/aromatic N) is 1. The highest BCUT2D eigenvalue weighted by Crippen LogP contribution is 2.25. The van der Waals surface area contributed by atoms with Gasteiger partial charge in [0.25, 0.3) is 5.91 Å². The number of halogens is 1. The van der Waals surface area contributed by atoms with Crippen molar-refractivity contribution in [3.63, 3.8) is 0 Å². The zero-order valence-electron chi connectivity index (χ0n) is 13.6. The Balaban J connectivity index is 1.80. The highest BCUT2D eigenvalue weighted by molar-refractivity contribution is 9.10. The molecule has 0 aliphatic rings. The number of carbonyl (C=O) groups is 1. The third-order valence-electron chi connectivity index (χ3n) is 3.04. The Bertz CT molecular complexity index is 715. The maximum absolute atomic E-state index is 11.7. The van der Waals surface area contributed by atoms with E-state index in [0.29, 0.717) is 12.4 Å². The lowest BCUT2D eigenvalue weighted by Gasteiger charge is -2.07. The van der Waals surface area contributed by atoms with Gasteiger partial charge in [0.2, 0.25) is 0 Å². The highest BCUT2D eigenvalue weighted by atomic mass is 79.9. The molecule has 0 aliphatic heterocycles. The van der Waals surface area contributed by atoms with Gasteiger partial charge in [-0.2, -0.15) is 5.10 Å². The number of hydrazone groups is 1. The van der Waals surface area contributed by atoms with E-state index in [9.17, 15) is 4.79 Å². The molecule has 0 aromatic heterocycles. The number of ether oxygens (including phenoxy) is 2. The van der Waals surface area contributed by atoms with Crippen LogP contribution in [-0.2, 0) is 4.79 Å². The number of aryl methyl sites for hydroxylation is 1. The lowest BCUT2D eigenvalue weighted by Crippen LogP contribution is -2.24. The van der Waals surface area contributed by atoms with Crippen molar-refractivity contribution in [2.75, 3.05) is 13.2 Å². The van der Waals surface area contributed by atoms with E-state index in [0.717, 1.165) is 21.3 Å². The molecule has 1 amide bonds. The first-order chi connectivity index (χ1) is 11.6. The largest absolute Gasteiger partial charge is 0.494 e. The van der Waals surface area contributed by atoms with E-state index < -0.39 is 0 Å². The topological polar surface area (TPSA) is 59.9 Å². The Hall–Kier alpha value is -2.34. The normalized spacial score (nSPS) is 10.6. The summed E-state index contributed by atoms with van der Waals surface area (Å²) in [5.74, 6) is 1.09. The van der Waals surface area contributed by atoms with E-state index in [4.69, 9.17) is 9.47 Å². The molecule has 0 fully saturated rings. The maximum atomic E-state index is 11.7. The zero-order valence-corrected chi connectivity index (χ0v) is 15.2. The number of nitrogens with one attached hydrogen (secondary N) is 1. The molecule has 1 N–H and O–H groups in total. The van der Waals surface area contributed by atoms with Crippen molar-refractivity contribution >= 4 is 28.1 Å². The lowest BCUT2D eigenvalue weighted by molar-refractivity contribution is -0.123. The molecule has 0 aliphatic carbocycles. The van der Waals surface area contributed by atoms with Gasteiger partial charge in [-0.15, -0.1) is 0 Å². The van der Waals surface area contributed by atoms with Gasteiger partial charge in [0.15, 0.2) is 6.61 Å². The zero-order chi connectivity index (χ0) is 17.4. The average molecular weight is 391 g/mol. The summed E-state index contributed by atoms with van der Waals surface area (Å²) >= 11 is 3.40. The Morgan fingerprint density at radius 2 is 1.96 bits per heavy atom. The second kappa shape index (κ2) is 9.08. The average Bonchev–Trinajstić information content (AvgIpc) is 2.56. The molecule has 126 valence electrons. The maximum Gasteiger partial charge on any atom is 0.277 e. The van der Waals surface area contributed by atoms with E-state index in [1.165, 1.54) is 0 Å². The van der Waals surface area contributed by atoms with Crippen LogP contribution in [0, 0.1) is 6.92 Å². The van der Waals surface area contributed by atoms with Gasteiger partial charge in [-0.05, 0) is 77.3 Å². The predicted octanol–water partition coefficient (Wildman–Crippen LogP) is 3.69. The van der Waals surface area contributed by atoms with Crippen molar-refractivity contribution < 1.29 is 14.3 Å². The van der Waals surface area contributed by atoms with Gasteiger partial charge in [-0.3, -0.25) is 4.79 Å². The summed E-state index contributed by atoms with van der Waals surface area (Å²) < 4.78 is 11.6. The van der Waals surface area contributed by atoms with Crippen LogP contribution >= 0.6 is 15.9 Å². The minimum Gasteiger partial charge on any atom is -0.494 e. The second-order valence-electron chi connectivity index (χ2n) is 5.02. The van der Waals surface area contributed by atoms with Gasteiger partial charge in [0, 0.05) is 0 Å². The second-order valence-corrected chi connectivity index (χ2v) is 5.87. The number of rotatable bonds is 7. The molecule has 2 aromatic rings. The molecule has 0 radical (unpaired) electrons. The third-order valence-corrected chi connectivity index (χ3v) is 3.66. The first kappa shape index (κ1) is 18.0. The number of benzene rings is 2. The molecule has 0 bridgehead atoms. The Morgan fingerprint density at radius 1 is 1.21 bits per heavy atom. The lowest BCUT2D eigenvalue weighted by atomic mass is 10.2. The first-order valence-corrected chi connectivity index (χ1v) is 8.31. The fourth-order valence-corrected chi connectivity index (χ4v) is 2.50. The summed E-state index contributed by atoms with van der Waals surface area (Å²) in [5.41, 5.74) is 4.40. The molecule has 0 saturated carbocycles. The Kier molecular flexibility index (Phi) is 6.81. The van der Waals surface area contributed by atoms with Crippen LogP contribution in [0.5, 0.6) is 11.5 Å². The summed E-state index contributed by atoms with van der Waals surface area (Å²) in [6.07, 6.45) is 1.56. The van der Waals surface area contributed by atoms with Crippen molar-refractivity contribution in [3.05, 3.63) is 58.1 Å². The number of carbonyl (C=O) groups excluding carboxylic acids is 1. The van der Waals surface area contributed by atoms with Crippen LogP contribution in [-0.4, -0.2) is 25.3 Å². The SMILES string of the molecule is CCOc1ccc(C=NNC(=O)COc2ccc(C)cc2Br)cc1. The Labute approximate surface area is 149 Å². The highest BCUT2D eigenvalue weighted by Gasteiger charge is 2.05. The molecule has 24 heavy (non-hydrogen) atoms. The summed E-state index contributed by atoms with van der Waals surface area (Å²) in [6, 6.07) is 13.1. The van der Waals surface area contributed by atoms with Crippen molar-refractivity contribution in [3.8, 4) is 11.5 Å². The van der Waals surface area contributed by atoms with Gasteiger partial charge in [0.05, 0.1) is 17.3 Å². The molecule has 0 atom stereocenters. The van der Waals surface area contributed by atoms with E-state index >= 15 is 0 Å². The van der Waals surface area contributed by atoms with Crippen molar-refractivity contribution in [2.45, 2.75) is 13.8 Å². The summed E-state index contributed by atoms with van der Waals surface area (Å²) in [4.78, 5) is 11.7. The number of amides is 1. The minimum absolute atomic E-state index is 0.109. The summed E-state index contributed by atoms with van der Waals surface area (Å²) in [5, 5.41) is 3.91. The monoisotopic (exact) mass is 390 g/mol. The van der Waals surface area contributed by atoms with Crippen molar-refractivity contribution in [1.82, 2.24) is 5.43 Å². The quantitative estimate of drug-likeness (QED) is 0.579. The van der Waals surface area contributed by atoms with Crippen LogP contribution in [0.25, 0.3) is 0 Å². The first-order valence-electron chi connectivity index (χ1n) is 7.52. The van der Waals surface area contributed by atoms with Crippen molar-refractivity contribution in [1.29, 1.82) is 0 Å². The van der Waals surface area contributed by atoms with Gasteiger partial charge >= 0.3 is 0 Å². The smallest absolute Gasteiger partial charge is 0.277 e. The van der Waals surface area contributed by atoms with Crippen LogP contribution in [0.1, 0.15) is 18.1 Å². The van der Waals surface area contributed by atoms with Crippen LogP contribution in [0.4, 0.5) is 0 Å². The molecule has 0 heterocycles. The van der Waals surface area contributed by atoms with Gasteiger partial charge in [0.1, 0.15) is 11.5 Å². The molecule has 2 aromatic carbocycles. The molecule has 2 rings (SSSR count). The molecule has 6 heteroatoms. The minimum atomic E-state index is -0.329. The fraction of sp³-hybridized carbons (Fsp3) is 0.222. The van der Waals surface area contributed by atoms with E-state index in [1.54, 1.807) is 6.21 Å². The Morgan fingerprint density at radius 3 is 2.62 bits per heavy atom. The predicted molar refractivity (Wildman–Crippen MR) is 97.7 cm³/mol. The molecule has 0 spiro atoms. The van der Waals surface area contributed by atoms with Gasteiger partial charge in [-0.25, -0.2) is 5.43 Å². The third kappa shape index (κ3) is 5.70. The van der Waals surface area contributed by atoms with Crippen LogP contribution < -0.4 is 14.9 Å². The van der Waals surface area contributed by atoms with E-state index in [1.807, 2.05) is 56.3 Å². The van der Waals surface area contributed by atoms with E-state index in [2.05, 4.69) is 26.5 Å². The van der Waals surface area contributed by atoms with Gasteiger partial charge in [-0.1, -0.05) is 6.07 Å². The van der Waals surface area contributed by atoms with Crippen LogP contribution in [0.2, 0.25) is 0 Å². The fourth-order valence-electron chi connectivity index (χ4n) is 1.89. The molecule has 0 unspecified atom stereocenters.